The Labute approximate surface area is 318 Å². The molecular formula is C36H64N8O10. The van der Waals surface area contributed by atoms with Crippen LogP contribution in [0.4, 0.5) is 9.59 Å². The molecule has 18 heteroatoms. The number of hydrogen-bond acceptors (Lipinski definition) is 11. The molecule has 7 amide bonds. The summed E-state index contributed by atoms with van der Waals surface area (Å²) in [7, 11) is 1.28. The molecule has 0 aliphatic heterocycles. The van der Waals surface area contributed by atoms with E-state index in [9.17, 15) is 38.5 Å². The molecular weight excluding hydrogens is 704 g/mol. The van der Waals surface area contributed by atoms with Gasteiger partial charge in [-0.15, -0.1) is 4.91 Å². The lowest BCUT2D eigenvalue weighted by Gasteiger charge is -2.36. The van der Waals surface area contributed by atoms with E-state index in [-0.39, 0.29) is 61.4 Å². The van der Waals surface area contributed by atoms with E-state index in [1.807, 2.05) is 13.8 Å². The second-order valence-corrected chi connectivity index (χ2v) is 13.7. The molecule has 1 aliphatic rings. The molecule has 8 N–H and O–H groups in total. The Balaban J connectivity index is 2.23. The zero-order valence-electron chi connectivity index (χ0n) is 32.5. The predicted molar refractivity (Wildman–Crippen MR) is 201 cm³/mol. The standard InChI is InChI=1S/C36H64N8O10/c1-5-25(6-2)32(43-24(3)45)31-27(37)22-26(34(49)53-4)33(31)54-36(51)41-21-14-10-8-12-19-39-30(48)23-42-29(47)17-15-16-28(46)38-18-11-7-9-13-20-40-35(50)44-52/h25-27,31-33H,5-23,37H2,1-4H3,(H,38,46)(H,39,48)(H,40,50)(H,41,51)(H,42,47)(H,43,45)/t26-,27+,31+,32-,33+/m0/s1. The number of nitrogens with one attached hydrogen (secondary N) is 6. The minimum atomic E-state index is -0.874. The second kappa shape index (κ2) is 28.1. The van der Waals surface area contributed by atoms with E-state index in [0.717, 1.165) is 44.9 Å². The average molecular weight is 769 g/mol. The Morgan fingerprint density at radius 1 is 0.722 bits per heavy atom. The lowest BCUT2D eigenvalue weighted by atomic mass is 9.80. The highest BCUT2D eigenvalue weighted by Crippen LogP contribution is 2.39. The molecule has 0 aromatic carbocycles. The van der Waals surface area contributed by atoms with Gasteiger partial charge in [-0.25, -0.2) is 9.59 Å². The summed E-state index contributed by atoms with van der Waals surface area (Å²) >= 11 is 0. The van der Waals surface area contributed by atoms with Gasteiger partial charge >= 0.3 is 18.1 Å². The van der Waals surface area contributed by atoms with Crippen LogP contribution in [0, 0.1) is 22.7 Å². The molecule has 1 saturated carbocycles. The van der Waals surface area contributed by atoms with Gasteiger partial charge in [0, 0.05) is 69.1 Å². The predicted octanol–water partition coefficient (Wildman–Crippen LogP) is 2.27. The van der Waals surface area contributed by atoms with Crippen molar-refractivity contribution < 1.29 is 43.0 Å². The Morgan fingerprint density at radius 3 is 1.76 bits per heavy atom. The number of hydrogen-bond donors (Lipinski definition) is 7. The summed E-state index contributed by atoms with van der Waals surface area (Å²) in [6.07, 6.45) is 7.11. The van der Waals surface area contributed by atoms with Gasteiger partial charge in [0.25, 0.3) is 0 Å². The summed E-state index contributed by atoms with van der Waals surface area (Å²) < 4.78 is 10.8. The quantitative estimate of drug-likeness (QED) is 0.0362. The summed E-state index contributed by atoms with van der Waals surface area (Å²) in [6.45, 7) is 6.99. The number of unbranched alkanes of at least 4 members (excludes halogenated alkanes) is 6. The molecule has 0 bridgehead atoms. The third-order valence-electron chi connectivity index (χ3n) is 9.62. The van der Waals surface area contributed by atoms with Crippen molar-refractivity contribution in [1.29, 1.82) is 0 Å². The highest BCUT2D eigenvalue weighted by atomic mass is 16.6. The van der Waals surface area contributed by atoms with Crippen LogP contribution in [0.3, 0.4) is 0 Å². The van der Waals surface area contributed by atoms with Gasteiger partial charge in [0.2, 0.25) is 23.6 Å². The first kappa shape index (κ1) is 47.7. The monoisotopic (exact) mass is 768 g/mol. The maximum Gasteiger partial charge on any atom is 0.407 e. The molecule has 0 aromatic heterocycles. The first-order valence-electron chi connectivity index (χ1n) is 19.3. The molecule has 0 saturated heterocycles. The summed E-state index contributed by atoms with van der Waals surface area (Å²) in [5.41, 5.74) is 6.50. The molecule has 1 fully saturated rings. The van der Waals surface area contributed by atoms with Crippen LogP contribution in [0.5, 0.6) is 0 Å². The van der Waals surface area contributed by atoms with Crippen molar-refractivity contribution in [2.75, 3.05) is 39.8 Å². The van der Waals surface area contributed by atoms with Crippen molar-refractivity contribution in [3.63, 3.8) is 0 Å². The van der Waals surface area contributed by atoms with Gasteiger partial charge in [0.15, 0.2) is 0 Å². The van der Waals surface area contributed by atoms with E-state index >= 15 is 0 Å². The molecule has 0 spiro atoms. The number of urea groups is 1. The number of carbonyl (C=O) groups excluding carboxylic acids is 7. The summed E-state index contributed by atoms with van der Waals surface area (Å²) in [6, 6.07) is -1.73. The molecule has 18 nitrogen and oxygen atoms in total. The first-order chi connectivity index (χ1) is 25.9. The first-order valence-corrected chi connectivity index (χ1v) is 19.3. The number of alkyl carbamates (subject to hydrolysis) is 1. The maximum atomic E-state index is 12.8. The van der Waals surface area contributed by atoms with Gasteiger partial charge in [-0.2, -0.15) is 0 Å². The number of carbonyl (C=O) groups is 7. The van der Waals surface area contributed by atoms with Gasteiger partial charge in [0.1, 0.15) is 6.10 Å². The van der Waals surface area contributed by atoms with Crippen molar-refractivity contribution in [2.24, 2.45) is 28.7 Å². The zero-order valence-corrected chi connectivity index (χ0v) is 32.5. The minimum Gasteiger partial charge on any atom is -0.469 e. The summed E-state index contributed by atoms with van der Waals surface area (Å²) in [5, 5.41) is 18.5. The number of nitrogens with two attached hydrogens (primary N) is 1. The Bertz CT molecular complexity index is 1200. The van der Waals surface area contributed by atoms with Crippen molar-refractivity contribution >= 4 is 41.7 Å². The average Bonchev–Trinajstić information content (AvgIpc) is 3.46. The van der Waals surface area contributed by atoms with Crippen LogP contribution in [-0.2, 0) is 33.4 Å². The SMILES string of the molecule is CCC(CC)[C@H](NC(C)=O)[C@@H]1[C@H](OC(=O)NCCCCCCNC(=O)CNC(=O)CCCC(=O)NCCCCCCNC(=O)N=O)[C@@H](C(=O)OC)C[C@H]1N. The van der Waals surface area contributed by atoms with E-state index in [4.69, 9.17) is 15.2 Å². The van der Waals surface area contributed by atoms with Crippen molar-refractivity contribution in [1.82, 2.24) is 31.9 Å². The molecule has 0 heterocycles. The van der Waals surface area contributed by atoms with Crippen molar-refractivity contribution in [2.45, 2.75) is 129 Å². The summed E-state index contributed by atoms with van der Waals surface area (Å²) in [5.74, 6) is -2.64. The molecule has 5 atom stereocenters. The van der Waals surface area contributed by atoms with Gasteiger partial charge in [0.05, 0.1) is 19.6 Å². The number of esters is 1. The number of ether oxygens (including phenoxy) is 2. The van der Waals surface area contributed by atoms with Crippen molar-refractivity contribution in [3.8, 4) is 0 Å². The smallest absolute Gasteiger partial charge is 0.407 e. The van der Waals surface area contributed by atoms with Crippen LogP contribution in [0.2, 0.25) is 0 Å². The Hall–Kier alpha value is -4.35. The normalized spacial score (nSPS) is 18.2. The molecule has 1 aliphatic carbocycles. The molecule has 0 unspecified atom stereocenters. The highest BCUT2D eigenvalue weighted by Gasteiger charge is 2.52. The third-order valence-corrected chi connectivity index (χ3v) is 9.62. The van der Waals surface area contributed by atoms with Gasteiger partial charge < -0.3 is 47.1 Å². The van der Waals surface area contributed by atoms with Crippen LogP contribution in [-0.4, -0.2) is 99.7 Å². The highest BCUT2D eigenvalue weighted by molar-refractivity contribution is 5.85. The van der Waals surface area contributed by atoms with Gasteiger partial charge in [-0.1, -0.05) is 52.4 Å². The maximum absolute atomic E-state index is 12.8. The second-order valence-electron chi connectivity index (χ2n) is 13.7. The lowest BCUT2D eigenvalue weighted by Crippen LogP contribution is -2.53. The van der Waals surface area contributed by atoms with Crippen LogP contribution < -0.4 is 37.6 Å². The molecule has 0 aromatic rings. The van der Waals surface area contributed by atoms with Crippen LogP contribution >= 0.6 is 0 Å². The number of amides is 7. The zero-order chi connectivity index (χ0) is 40.3. The van der Waals surface area contributed by atoms with Crippen LogP contribution in [0.1, 0.15) is 111 Å². The van der Waals surface area contributed by atoms with E-state index in [1.54, 1.807) is 0 Å². The number of methoxy groups -OCH3 is 1. The third kappa shape index (κ3) is 19.6. The topological polar surface area (TPSA) is 266 Å². The van der Waals surface area contributed by atoms with Gasteiger partial charge in [-0.3, -0.25) is 24.0 Å². The fourth-order valence-corrected chi connectivity index (χ4v) is 6.74. The number of nitroso groups, excluding NO2 is 1. The lowest BCUT2D eigenvalue weighted by molar-refractivity contribution is -0.149. The minimum absolute atomic E-state index is 0.0787. The fraction of sp³-hybridized carbons (Fsp3) is 0.806. The van der Waals surface area contributed by atoms with E-state index in [0.29, 0.717) is 51.9 Å². The Morgan fingerprint density at radius 2 is 1.24 bits per heavy atom. The fourth-order valence-electron chi connectivity index (χ4n) is 6.74. The van der Waals surface area contributed by atoms with Crippen LogP contribution in [0.25, 0.3) is 0 Å². The molecule has 1 rings (SSSR count). The van der Waals surface area contributed by atoms with E-state index in [1.165, 1.54) is 14.0 Å². The number of rotatable bonds is 27. The van der Waals surface area contributed by atoms with Gasteiger partial charge in [-0.05, 0) is 44.4 Å². The summed E-state index contributed by atoms with van der Waals surface area (Å²) in [4.78, 5) is 94.4. The number of nitrogens with zero attached hydrogens (tertiary/aromatic N) is 1. The van der Waals surface area contributed by atoms with E-state index < -0.39 is 42.1 Å². The van der Waals surface area contributed by atoms with E-state index in [2.05, 4.69) is 37.1 Å². The Kier molecular flexibility index (Phi) is 24.8. The molecule has 308 valence electrons. The van der Waals surface area contributed by atoms with Crippen molar-refractivity contribution in [3.05, 3.63) is 4.91 Å². The van der Waals surface area contributed by atoms with Crippen LogP contribution in [0.15, 0.2) is 5.18 Å². The largest absolute Gasteiger partial charge is 0.469 e. The molecule has 54 heavy (non-hydrogen) atoms. The molecule has 0 radical (unpaired) electrons.